The number of rotatable bonds is 5. The van der Waals surface area contributed by atoms with Crippen molar-refractivity contribution in [1.82, 2.24) is 10.3 Å². The summed E-state index contributed by atoms with van der Waals surface area (Å²) in [5.41, 5.74) is 1.28. The number of pyridine rings is 1. The number of benzene rings is 2. The van der Waals surface area contributed by atoms with Gasteiger partial charge in [-0.3, -0.25) is 9.78 Å². The smallest absolute Gasteiger partial charge is 0.230 e. The fourth-order valence-corrected chi connectivity index (χ4v) is 2.54. The predicted molar refractivity (Wildman–Crippen MR) is 105 cm³/mol. The van der Waals surface area contributed by atoms with E-state index < -0.39 is 5.82 Å². The molecule has 0 saturated heterocycles. The van der Waals surface area contributed by atoms with Crippen LogP contribution in [0.4, 0.5) is 10.1 Å². The average Bonchev–Trinajstić information content (AvgIpc) is 2.65. The van der Waals surface area contributed by atoms with E-state index in [4.69, 9.17) is 17.0 Å². The Hall–Kier alpha value is -3.32. The van der Waals surface area contributed by atoms with Gasteiger partial charge in [0, 0.05) is 24.1 Å². The van der Waals surface area contributed by atoms with Gasteiger partial charge < -0.3 is 15.4 Å². The van der Waals surface area contributed by atoms with Gasteiger partial charge in [-0.05, 0) is 42.0 Å². The van der Waals surface area contributed by atoms with Crippen molar-refractivity contribution in [3.8, 4) is 11.5 Å². The molecular formula is C20H16FN3O2S. The predicted octanol–water partition coefficient (Wildman–Crippen LogP) is 4.07. The number of thiocarbonyl (C=S) groups is 1. The molecule has 0 aliphatic carbocycles. The molecule has 0 atom stereocenters. The molecule has 1 aromatic heterocycles. The molecule has 2 N–H and O–H groups in total. The van der Waals surface area contributed by atoms with Crippen LogP contribution in [0.2, 0.25) is 0 Å². The number of ether oxygens (including phenoxy) is 1. The average molecular weight is 381 g/mol. The molecule has 0 radical (unpaired) electrons. The molecular weight excluding hydrogens is 365 g/mol. The molecule has 1 amide bonds. The molecule has 2 aromatic carbocycles. The number of amides is 1. The lowest BCUT2D eigenvalue weighted by Crippen LogP contribution is -2.35. The maximum Gasteiger partial charge on any atom is 0.230 e. The second kappa shape index (κ2) is 8.86. The lowest BCUT2D eigenvalue weighted by molar-refractivity contribution is -0.119. The number of hydrogen-bond donors (Lipinski definition) is 2. The largest absolute Gasteiger partial charge is 0.454 e. The molecule has 0 aliphatic heterocycles. The van der Waals surface area contributed by atoms with Crippen LogP contribution in [0.5, 0.6) is 11.5 Å². The quantitative estimate of drug-likeness (QED) is 0.653. The van der Waals surface area contributed by atoms with Crippen LogP contribution in [0.15, 0.2) is 73.1 Å². The van der Waals surface area contributed by atoms with Crippen molar-refractivity contribution >= 4 is 28.9 Å². The summed E-state index contributed by atoms with van der Waals surface area (Å²) in [7, 11) is 0. The van der Waals surface area contributed by atoms with Crippen LogP contribution >= 0.6 is 12.2 Å². The molecule has 3 aromatic rings. The monoisotopic (exact) mass is 381 g/mol. The highest BCUT2D eigenvalue weighted by molar-refractivity contribution is 7.80. The summed E-state index contributed by atoms with van der Waals surface area (Å²) >= 11 is 5.11. The topological polar surface area (TPSA) is 63.2 Å². The summed E-state index contributed by atoms with van der Waals surface area (Å²) in [5.74, 6) is -0.258. The fraction of sp³-hybridized carbons (Fsp3) is 0.0500. The highest BCUT2D eigenvalue weighted by atomic mass is 32.1. The van der Waals surface area contributed by atoms with Crippen molar-refractivity contribution in [2.75, 3.05) is 5.32 Å². The van der Waals surface area contributed by atoms with E-state index in [9.17, 15) is 9.18 Å². The Morgan fingerprint density at radius 1 is 1.07 bits per heavy atom. The Labute approximate surface area is 161 Å². The zero-order chi connectivity index (χ0) is 19.1. The number of anilines is 1. The van der Waals surface area contributed by atoms with E-state index in [0.717, 1.165) is 5.56 Å². The first-order chi connectivity index (χ1) is 13.1. The molecule has 0 fully saturated rings. The third kappa shape index (κ3) is 5.58. The summed E-state index contributed by atoms with van der Waals surface area (Å²) in [6, 6.07) is 16.9. The first-order valence-corrected chi connectivity index (χ1v) is 8.53. The van der Waals surface area contributed by atoms with Crippen LogP contribution in [0.25, 0.3) is 0 Å². The van der Waals surface area contributed by atoms with Crippen LogP contribution in [-0.2, 0) is 11.2 Å². The van der Waals surface area contributed by atoms with Gasteiger partial charge in [0.25, 0.3) is 0 Å². The van der Waals surface area contributed by atoms with Crippen molar-refractivity contribution in [2.24, 2.45) is 0 Å². The molecule has 1 heterocycles. The van der Waals surface area contributed by atoms with E-state index in [1.54, 1.807) is 30.6 Å². The molecule has 5 nitrogen and oxygen atoms in total. The molecule has 0 unspecified atom stereocenters. The molecule has 7 heteroatoms. The van der Waals surface area contributed by atoms with Crippen LogP contribution < -0.4 is 15.4 Å². The lowest BCUT2D eigenvalue weighted by atomic mass is 10.1. The number of aromatic nitrogens is 1. The number of carbonyl (C=O) groups is 1. The Balaban J connectivity index is 1.56. The van der Waals surface area contributed by atoms with E-state index in [1.165, 1.54) is 12.1 Å². The normalized spacial score (nSPS) is 10.1. The van der Waals surface area contributed by atoms with E-state index >= 15 is 0 Å². The summed E-state index contributed by atoms with van der Waals surface area (Å²) in [6.45, 7) is 0. The highest BCUT2D eigenvalue weighted by Gasteiger charge is 2.09. The minimum Gasteiger partial charge on any atom is -0.454 e. The Bertz CT molecular complexity index is 936. The van der Waals surface area contributed by atoms with Crippen molar-refractivity contribution in [3.63, 3.8) is 0 Å². The zero-order valence-corrected chi connectivity index (χ0v) is 15.0. The van der Waals surface area contributed by atoms with Gasteiger partial charge >= 0.3 is 0 Å². The number of nitrogens with one attached hydrogen (secondary N) is 2. The first-order valence-electron chi connectivity index (χ1n) is 8.12. The fourth-order valence-electron chi connectivity index (χ4n) is 2.31. The van der Waals surface area contributed by atoms with E-state index in [-0.39, 0.29) is 23.2 Å². The van der Waals surface area contributed by atoms with Crippen molar-refractivity contribution < 1.29 is 13.9 Å². The van der Waals surface area contributed by atoms with Gasteiger partial charge in [0.2, 0.25) is 5.91 Å². The van der Waals surface area contributed by atoms with Crippen LogP contribution in [-0.4, -0.2) is 16.0 Å². The van der Waals surface area contributed by atoms with Crippen molar-refractivity contribution in [2.45, 2.75) is 6.42 Å². The molecule has 136 valence electrons. The van der Waals surface area contributed by atoms with Crippen molar-refractivity contribution in [1.29, 1.82) is 0 Å². The van der Waals surface area contributed by atoms with Gasteiger partial charge in [0.05, 0.1) is 6.42 Å². The van der Waals surface area contributed by atoms with Crippen LogP contribution in [0.3, 0.4) is 0 Å². The van der Waals surface area contributed by atoms with Gasteiger partial charge in [-0.15, -0.1) is 0 Å². The molecule has 0 bridgehead atoms. The maximum atomic E-state index is 14.2. The molecule has 0 saturated carbocycles. The summed E-state index contributed by atoms with van der Waals surface area (Å²) in [4.78, 5) is 15.9. The standard InChI is InChI=1S/C20H16FN3O2S/c21-17-13-15(6-7-18(17)26-16-8-10-22-11-9-16)23-20(27)24-19(25)12-14-4-2-1-3-5-14/h1-11,13H,12H2,(H2,23,24,25,27). The third-order valence-corrected chi connectivity index (χ3v) is 3.73. The van der Waals surface area contributed by atoms with Gasteiger partial charge in [-0.2, -0.15) is 0 Å². The SMILES string of the molecule is O=C(Cc1ccccc1)NC(=S)Nc1ccc(Oc2ccncc2)c(F)c1. The number of hydrogen-bond acceptors (Lipinski definition) is 4. The Morgan fingerprint density at radius 3 is 2.52 bits per heavy atom. The minimum atomic E-state index is -0.560. The van der Waals surface area contributed by atoms with E-state index in [1.807, 2.05) is 30.3 Å². The molecule has 0 aliphatic rings. The highest BCUT2D eigenvalue weighted by Crippen LogP contribution is 2.26. The van der Waals surface area contributed by atoms with Gasteiger partial charge in [0.1, 0.15) is 5.75 Å². The lowest BCUT2D eigenvalue weighted by Gasteiger charge is -2.11. The van der Waals surface area contributed by atoms with E-state index in [2.05, 4.69) is 15.6 Å². The zero-order valence-electron chi connectivity index (χ0n) is 14.2. The van der Waals surface area contributed by atoms with Gasteiger partial charge in [0.15, 0.2) is 16.7 Å². The van der Waals surface area contributed by atoms with Crippen LogP contribution in [0, 0.1) is 5.82 Å². The summed E-state index contributed by atoms with van der Waals surface area (Å²) in [6.07, 6.45) is 3.31. The first kappa shape index (κ1) is 18.5. The second-order valence-electron chi connectivity index (χ2n) is 5.59. The minimum absolute atomic E-state index is 0.0748. The number of carbonyl (C=O) groups excluding carboxylic acids is 1. The van der Waals surface area contributed by atoms with Gasteiger partial charge in [-0.25, -0.2) is 4.39 Å². The molecule has 3 rings (SSSR count). The Kier molecular flexibility index (Phi) is 6.06. The summed E-state index contributed by atoms with van der Waals surface area (Å²) in [5, 5.41) is 5.45. The maximum absolute atomic E-state index is 14.2. The molecule has 0 spiro atoms. The van der Waals surface area contributed by atoms with Gasteiger partial charge in [-0.1, -0.05) is 30.3 Å². The number of halogens is 1. The van der Waals surface area contributed by atoms with E-state index in [0.29, 0.717) is 11.4 Å². The van der Waals surface area contributed by atoms with Crippen LogP contribution in [0.1, 0.15) is 5.56 Å². The number of nitrogens with zero attached hydrogens (tertiary/aromatic N) is 1. The Morgan fingerprint density at radius 2 is 1.81 bits per heavy atom. The molecule has 27 heavy (non-hydrogen) atoms. The van der Waals surface area contributed by atoms with Crippen molar-refractivity contribution in [3.05, 3.63) is 84.4 Å². The third-order valence-electron chi connectivity index (χ3n) is 3.53. The summed E-state index contributed by atoms with van der Waals surface area (Å²) < 4.78 is 19.7. The second-order valence-corrected chi connectivity index (χ2v) is 6.00.